The molecule has 1 N–H and O–H groups in total. The van der Waals surface area contributed by atoms with Crippen molar-refractivity contribution < 1.29 is 4.92 Å². The Morgan fingerprint density at radius 3 is 2.22 bits per heavy atom. The van der Waals surface area contributed by atoms with Gasteiger partial charge in [0.15, 0.2) is 0 Å². The molecule has 1 heterocycles. The summed E-state index contributed by atoms with van der Waals surface area (Å²) in [5.41, 5.74) is 3.56. The van der Waals surface area contributed by atoms with E-state index in [2.05, 4.69) is 5.43 Å². The van der Waals surface area contributed by atoms with E-state index in [1.54, 1.807) is 0 Å². The van der Waals surface area contributed by atoms with Crippen molar-refractivity contribution in [1.29, 1.82) is 0 Å². The molecule has 1 aromatic carbocycles. The molecule has 0 bridgehead atoms. The highest BCUT2D eigenvalue weighted by molar-refractivity contribution is 6.39. The Labute approximate surface area is 115 Å². The van der Waals surface area contributed by atoms with Crippen molar-refractivity contribution >= 4 is 34.6 Å². The number of nitro benzene ring substituents is 1. The van der Waals surface area contributed by atoms with Crippen molar-refractivity contribution in [3.63, 3.8) is 0 Å². The Morgan fingerprint density at radius 1 is 1.17 bits per heavy atom. The first kappa shape index (κ1) is 13.4. The van der Waals surface area contributed by atoms with Gasteiger partial charge in [0.2, 0.25) is 0 Å². The third-order valence-electron chi connectivity index (χ3n) is 2.86. The van der Waals surface area contributed by atoms with Crippen LogP contribution in [0.3, 0.4) is 0 Å². The molecule has 18 heavy (non-hydrogen) atoms. The normalized spacial score (nSPS) is 16.6. The monoisotopic (exact) mass is 289 g/mol. The molecule has 1 aliphatic rings. The molecular formula is C11H13Cl2N3O2. The van der Waals surface area contributed by atoms with Crippen molar-refractivity contribution in [2.45, 2.75) is 19.3 Å². The third kappa shape index (κ3) is 3.04. The van der Waals surface area contributed by atoms with E-state index in [1.807, 2.05) is 5.01 Å². The zero-order valence-corrected chi connectivity index (χ0v) is 11.2. The molecule has 0 radical (unpaired) electrons. The van der Waals surface area contributed by atoms with E-state index in [-0.39, 0.29) is 15.7 Å². The highest BCUT2D eigenvalue weighted by Crippen LogP contribution is 2.35. The Kier molecular flexibility index (Phi) is 4.27. The standard InChI is InChI=1S/C11H13Cl2N3O2/c12-9-6-8(16(17)18)7-10(13)11(9)14-15-4-2-1-3-5-15/h6-7,14H,1-5H2. The summed E-state index contributed by atoms with van der Waals surface area (Å²) in [7, 11) is 0. The maximum atomic E-state index is 10.7. The number of nitro groups is 1. The molecule has 98 valence electrons. The number of hydrogen-bond donors (Lipinski definition) is 1. The van der Waals surface area contributed by atoms with Crippen molar-refractivity contribution in [2.24, 2.45) is 0 Å². The lowest BCUT2D eigenvalue weighted by atomic mass is 10.2. The van der Waals surface area contributed by atoms with E-state index in [0.29, 0.717) is 5.69 Å². The van der Waals surface area contributed by atoms with Gasteiger partial charge in [-0.05, 0) is 12.8 Å². The number of halogens is 2. The fourth-order valence-corrected chi connectivity index (χ4v) is 2.50. The van der Waals surface area contributed by atoms with E-state index < -0.39 is 4.92 Å². The van der Waals surface area contributed by atoms with Crippen LogP contribution in [0.4, 0.5) is 11.4 Å². The number of hydrogen-bond acceptors (Lipinski definition) is 4. The molecule has 2 rings (SSSR count). The summed E-state index contributed by atoms with van der Waals surface area (Å²) in [5.74, 6) is 0. The molecule has 0 amide bonds. The second-order valence-corrected chi connectivity index (χ2v) is 5.02. The van der Waals surface area contributed by atoms with Gasteiger partial charge in [0.05, 0.1) is 20.7 Å². The summed E-state index contributed by atoms with van der Waals surface area (Å²) < 4.78 is 0. The highest BCUT2D eigenvalue weighted by atomic mass is 35.5. The minimum absolute atomic E-state index is 0.103. The van der Waals surface area contributed by atoms with Crippen molar-refractivity contribution in [3.8, 4) is 0 Å². The lowest BCUT2D eigenvalue weighted by Crippen LogP contribution is -2.35. The van der Waals surface area contributed by atoms with Crippen molar-refractivity contribution in [2.75, 3.05) is 18.5 Å². The quantitative estimate of drug-likeness (QED) is 0.681. The minimum atomic E-state index is -0.511. The minimum Gasteiger partial charge on any atom is -0.316 e. The topological polar surface area (TPSA) is 58.4 Å². The van der Waals surface area contributed by atoms with Gasteiger partial charge in [-0.1, -0.05) is 29.6 Å². The number of nitrogens with one attached hydrogen (secondary N) is 1. The van der Waals surface area contributed by atoms with Crippen LogP contribution in [-0.2, 0) is 0 Å². The largest absolute Gasteiger partial charge is 0.316 e. The molecule has 1 aliphatic heterocycles. The van der Waals surface area contributed by atoms with Gasteiger partial charge in [0.25, 0.3) is 5.69 Å². The van der Waals surface area contributed by atoms with Crippen LogP contribution in [0.15, 0.2) is 12.1 Å². The first-order valence-corrected chi connectivity index (χ1v) is 6.48. The van der Waals surface area contributed by atoms with Gasteiger partial charge in [-0.3, -0.25) is 10.1 Å². The van der Waals surface area contributed by atoms with Gasteiger partial charge in [0.1, 0.15) is 0 Å². The Bertz CT molecular complexity index is 439. The first-order valence-electron chi connectivity index (χ1n) is 5.73. The number of nitrogens with zero attached hydrogens (tertiary/aromatic N) is 2. The predicted octanol–water partition coefficient (Wildman–Crippen LogP) is 3.71. The van der Waals surface area contributed by atoms with E-state index in [9.17, 15) is 10.1 Å². The number of anilines is 1. The second kappa shape index (κ2) is 5.73. The number of hydrazine groups is 1. The molecule has 1 saturated heterocycles. The molecule has 1 fully saturated rings. The molecule has 0 aromatic heterocycles. The average Bonchev–Trinajstić information content (AvgIpc) is 2.34. The summed E-state index contributed by atoms with van der Waals surface area (Å²) in [5, 5.41) is 13.2. The summed E-state index contributed by atoms with van der Waals surface area (Å²) in [6.07, 6.45) is 3.46. The predicted molar refractivity (Wildman–Crippen MR) is 72.2 cm³/mol. The molecule has 0 unspecified atom stereocenters. The van der Waals surface area contributed by atoms with Gasteiger partial charge in [0, 0.05) is 25.2 Å². The van der Waals surface area contributed by atoms with Gasteiger partial charge in [-0.2, -0.15) is 0 Å². The molecule has 0 spiro atoms. The van der Waals surface area contributed by atoms with Gasteiger partial charge < -0.3 is 5.43 Å². The highest BCUT2D eigenvalue weighted by Gasteiger charge is 2.17. The van der Waals surface area contributed by atoms with Crippen LogP contribution in [0.2, 0.25) is 10.0 Å². The van der Waals surface area contributed by atoms with Crippen LogP contribution >= 0.6 is 23.2 Å². The SMILES string of the molecule is O=[N+]([O-])c1cc(Cl)c(NN2CCCCC2)c(Cl)c1. The van der Waals surface area contributed by atoms with Crippen molar-refractivity contribution in [1.82, 2.24) is 5.01 Å². The van der Waals surface area contributed by atoms with E-state index >= 15 is 0 Å². The summed E-state index contributed by atoms with van der Waals surface area (Å²) >= 11 is 12.0. The fraction of sp³-hybridized carbons (Fsp3) is 0.455. The van der Waals surface area contributed by atoms with Gasteiger partial charge in [-0.15, -0.1) is 0 Å². The Balaban J connectivity index is 2.19. The molecule has 5 nitrogen and oxygen atoms in total. The summed E-state index contributed by atoms with van der Waals surface area (Å²) in [6, 6.07) is 2.61. The van der Waals surface area contributed by atoms with E-state index in [4.69, 9.17) is 23.2 Å². The molecule has 1 aromatic rings. The van der Waals surface area contributed by atoms with Crippen LogP contribution in [0.5, 0.6) is 0 Å². The zero-order valence-electron chi connectivity index (χ0n) is 9.66. The first-order chi connectivity index (χ1) is 8.58. The van der Waals surface area contributed by atoms with E-state index in [1.165, 1.54) is 18.6 Å². The number of piperidine rings is 1. The van der Waals surface area contributed by atoms with Gasteiger partial charge >= 0.3 is 0 Å². The molecule has 0 atom stereocenters. The number of non-ortho nitro benzene ring substituents is 1. The second-order valence-electron chi connectivity index (χ2n) is 4.20. The average molecular weight is 290 g/mol. The Hall–Kier alpha value is -1.04. The number of rotatable bonds is 3. The smallest absolute Gasteiger partial charge is 0.272 e. The lowest BCUT2D eigenvalue weighted by molar-refractivity contribution is -0.384. The summed E-state index contributed by atoms with van der Waals surface area (Å²) in [6.45, 7) is 1.84. The Morgan fingerprint density at radius 2 is 1.72 bits per heavy atom. The van der Waals surface area contributed by atoms with Crippen molar-refractivity contribution in [3.05, 3.63) is 32.3 Å². The molecule has 0 saturated carbocycles. The third-order valence-corrected chi connectivity index (χ3v) is 3.46. The molecule has 7 heteroatoms. The maximum Gasteiger partial charge on any atom is 0.272 e. The van der Waals surface area contributed by atoms with Gasteiger partial charge in [-0.25, -0.2) is 5.01 Å². The molecular weight excluding hydrogens is 277 g/mol. The number of benzene rings is 1. The van der Waals surface area contributed by atoms with E-state index in [0.717, 1.165) is 25.9 Å². The molecule has 0 aliphatic carbocycles. The zero-order chi connectivity index (χ0) is 13.1. The fourth-order valence-electron chi connectivity index (χ4n) is 1.94. The van der Waals surface area contributed by atoms with Crippen LogP contribution in [-0.4, -0.2) is 23.0 Å². The maximum absolute atomic E-state index is 10.7. The lowest BCUT2D eigenvalue weighted by Gasteiger charge is -2.28. The van der Waals surface area contributed by atoms with Crippen LogP contribution in [0.1, 0.15) is 19.3 Å². The van der Waals surface area contributed by atoms with Crippen LogP contribution in [0, 0.1) is 10.1 Å². The van der Waals surface area contributed by atoms with Crippen LogP contribution in [0.25, 0.3) is 0 Å². The summed E-state index contributed by atoms with van der Waals surface area (Å²) in [4.78, 5) is 10.2. The van der Waals surface area contributed by atoms with Crippen LogP contribution < -0.4 is 5.43 Å².